The average Bonchev–Trinajstić information content (AvgIpc) is 2.36. The van der Waals surface area contributed by atoms with E-state index < -0.39 is 0 Å². The van der Waals surface area contributed by atoms with Crippen LogP contribution in [0.25, 0.3) is 0 Å². The molecule has 0 amide bonds. The number of ether oxygens (including phenoxy) is 1. The molecule has 0 aliphatic carbocycles. The molecular weight excluding hydrogens is 286 g/mol. The minimum absolute atomic E-state index is 0.0536. The number of benzene rings is 1. The van der Waals surface area contributed by atoms with Crippen LogP contribution < -0.4 is 10.5 Å². The van der Waals surface area contributed by atoms with Gasteiger partial charge in [0.15, 0.2) is 0 Å². The van der Waals surface area contributed by atoms with Crippen molar-refractivity contribution < 1.29 is 4.74 Å². The minimum atomic E-state index is -0.0536. The number of anilines is 1. The van der Waals surface area contributed by atoms with Crippen molar-refractivity contribution in [3.8, 4) is 11.6 Å². The van der Waals surface area contributed by atoms with E-state index in [4.69, 9.17) is 22.1 Å². The molecule has 2 N–H and O–H groups in total. The van der Waals surface area contributed by atoms with Gasteiger partial charge in [-0.1, -0.05) is 38.5 Å². The number of hydrogen-bond acceptors (Lipinski definition) is 4. The molecule has 5 heteroatoms. The lowest BCUT2D eigenvalue weighted by atomic mass is 9.85. The maximum Gasteiger partial charge on any atom is 0.247 e. The summed E-state index contributed by atoms with van der Waals surface area (Å²) in [6.45, 7) is 10.2. The van der Waals surface area contributed by atoms with Crippen molar-refractivity contribution in [3.05, 3.63) is 40.3 Å². The van der Waals surface area contributed by atoms with Gasteiger partial charge in [0.2, 0.25) is 11.2 Å². The van der Waals surface area contributed by atoms with Gasteiger partial charge in [-0.2, -0.15) is 4.98 Å². The van der Waals surface area contributed by atoms with E-state index in [1.807, 2.05) is 12.1 Å². The van der Waals surface area contributed by atoms with Gasteiger partial charge in [0.05, 0.1) is 5.69 Å². The molecule has 21 heavy (non-hydrogen) atoms. The zero-order chi connectivity index (χ0) is 15.8. The van der Waals surface area contributed by atoms with Crippen LogP contribution in [-0.4, -0.2) is 9.97 Å². The SMILES string of the molecule is Cc1ccc(Oc2nc(Cl)nc(C)c2N)c(C(C)(C)C)c1. The van der Waals surface area contributed by atoms with E-state index in [0.717, 1.165) is 11.3 Å². The van der Waals surface area contributed by atoms with E-state index in [1.165, 1.54) is 5.56 Å². The summed E-state index contributed by atoms with van der Waals surface area (Å²) in [6.07, 6.45) is 0. The molecule has 0 spiro atoms. The summed E-state index contributed by atoms with van der Waals surface area (Å²) >= 11 is 5.89. The number of hydrogen-bond donors (Lipinski definition) is 1. The molecule has 0 fully saturated rings. The Balaban J connectivity index is 2.50. The fourth-order valence-electron chi connectivity index (χ4n) is 2.02. The largest absolute Gasteiger partial charge is 0.437 e. The molecule has 0 unspecified atom stereocenters. The Hall–Kier alpha value is -1.81. The highest BCUT2D eigenvalue weighted by Crippen LogP contribution is 2.36. The molecule has 2 aromatic rings. The molecule has 1 heterocycles. The Kier molecular flexibility index (Phi) is 4.10. The number of nitrogens with two attached hydrogens (primary N) is 1. The summed E-state index contributed by atoms with van der Waals surface area (Å²) in [7, 11) is 0. The highest BCUT2D eigenvalue weighted by atomic mass is 35.5. The van der Waals surface area contributed by atoms with E-state index in [0.29, 0.717) is 17.3 Å². The van der Waals surface area contributed by atoms with Crippen LogP contribution in [0.4, 0.5) is 5.69 Å². The maximum absolute atomic E-state index is 5.98. The number of halogens is 1. The maximum atomic E-state index is 5.98. The summed E-state index contributed by atoms with van der Waals surface area (Å²) in [5, 5.41) is 0.126. The highest BCUT2D eigenvalue weighted by molar-refractivity contribution is 6.28. The third-order valence-electron chi connectivity index (χ3n) is 3.22. The Morgan fingerprint density at radius 2 is 1.81 bits per heavy atom. The van der Waals surface area contributed by atoms with Crippen molar-refractivity contribution >= 4 is 17.3 Å². The standard InChI is InChI=1S/C16H20ClN3O/c1-9-6-7-12(11(8-9)16(3,4)5)21-14-13(18)10(2)19-15(17)20-14/h6-8H,18H2,1-5H3. The molecule has 0 bridgehead atoms. The first-order valence-corrected chi connectivity index (χ1v) is 7.15. The topological polar surface area (TPSA) is 61.0 Å². The highest BCUT2D eigenvalue weighted by Gasteiger charge is 2.21. The molecule has 0 aliphatic rings. The van der Waals surface area contributed by atoms with Gasteiger partial charge in [-0.3, -0.25) is 0 Å². The number of aryl methyl sites for hydroxylation is 2. The van der Waals surface area contributed by atoms with Crippen LogP contribution in [0, 0.1) is 13.8 Å². The number of aromatic nitrogens is 2. The van der Waals surface area contributed by atoms with Gasteiger partial charge in [-0.25, -0.2) is 4.98 Å². The van der Waals surface area contributed by atoms with Gasteiger partial charge in [0.1, 0.15) is 11.4 Å². The molecule has 1 aromatic carbocycles. The first-order chi connectivity index (χ1) is 9.68. The van der Waals surface area contributed by atoms with Crippen LogP contribution >= 0.6 is 11.6 Å². The third kappa shape index (κ3) is 3.45. The number of nitrogen functional groups attached to an aromatic ring is 1. The van der Waals surface area contributed by atoms with Crippen molar-refractivity contribution in [1.29, 1.82) is 0 Å². The second-order valence-electron chi connectivity index (χ2n) is 6.15. The minimum Gasteiger partial charge on any atom is -0.437 e. The summed E-state index contributed by atoms with van der Waals surface area (Å²) in [4.78, 5) is 8.09. The zero-order valence-corrected chi connectivity index (χ0v) is 13.7. The van der Waals surface area contributed by atoms with Gasteiger partial charge in [-0.15, -0.1) is 0 Å². The van der Waals surface area contributed by atoms with Gasteiger partial charge in [-0.05, 0) is 36.9 Å². The molecule has 112 valence electrons. The molecule has 4 nitrogen and oxygen atoms in total. The van der Waals surface area contributed by atoms with Crippen molar-refractivity contribution in [2.75, 3.05) is 5.73 Å². The Morgan fingerprint density at radius 1 is 1.14 bits per heavy atom. The van der Waals surface area contributed by atoms with E-state index in [9.17, 15) is 0 Å². The molecule has 0 saturated heterocycles. The summed E-state index contributed by atoms with van der Waals surface area (Å²) < 4.78 is 5.92. The van der Waals surface area contributed by atoms with Crippen LogP contribution in [0.3, 0.4) is 0 Å². The molecule has 2 rings (SSSR count). The molecule has 1 aromatic heterocycles. The van der Waals surface area contributed by atoms with Crippen molar-refractivity contribution in [1.82, 2.24) is 9.97 Å². The first kappa shape index (κ1) is 15.6. The fourth-order valence-corrected chi connectivity index (χ4v) is 2.23. The Morgan fingerprint density at radius 3 is 2.43 bits per heavy atom. The summed E-state index contributed by atoms with van der Waals surface area (Å²) in [5.74, 6) is 1.02. The quantitative estimate of drug-likeness (QED) is 0.834. The predicted octanol–water partition coefficient (Wildman–Crippen LogP) is 4.42. The molecule has 0 saturated carbocycles. The lowest BCUT2D eigenvalue weighted by molar-refractivity contribution is 0.440. The monoisotopic (exact) mass is 305 g/mol. The first-order valence-electron chi connectivity index (χ1n) is 6.77. The third-order valence-corrected chi connectivity index (χ3v) is 3.39. The van der Waals surface area contributed by atoms with Crippen LogP contribution in [-0.2, 0) is 5.41 Å². The van der Waals surface area contributed by atoms with E-state index in [1.54, 1.807) is 6.92 Å². The van der Waals surface area contributed by atoms with Gasteiger partial charge < -0.3 is 10.5 Å². The average molecular weight is 306 g/mol. The second kappa shape index (κ2) is 5.53. The summed E-state index contributed by atoms with van der Waals surface area (Å²) in [5.41, 5.74) is 9.20. The van der Waals surface area contributed by atoms with E-state index in [2.05, 4.69) is 43.7 Å². The van der Waals surface area contributed by atoms with Gasteiger partial charge in [0, 0.05) is 5.56 Å². The lowest BCUT2D eigenvalue weighted by Gasteiger charge is -2.23. The number of rotatable bonds is 2. The van der Waals surface area contributed by atoms with Gasteiger partial charge in [0.25, 0.3) is 0 Å². The molecule has 0 radical (unpaired) electrons. The van der Waals surface area contributed by atoms with Crippen molar-refractivity contribution in [3.63, 3.8) is 0 Å². The van der Waals surface area contributed by atoms with Crippen LogP contribution in [0.5, 0.6) is 11.6 Å². The van der Waals surface area contributed by atoms with Crippen LogP contribution in [0.1, 0.15) is 37.6 Å². The van der Waals surface area contributed by atoms with E-state index >= 15 is 0 Å². The number of nitrogens with zero attached hydrogens (tertiary/aromatic N) is 2. The van der Waals surface area contributed by atoms with Crippen LogP contribution in [0.15, 0.2) is 18.2 Å². The summed E-state index contributed by atoms with van der Waals surface area (Å²) in [6, 6.07) is 6.04. The normalized spacial score (nSPS) is 11.5. The Bertz CT molecular complexity index is 678. The predicted molar refractivity (Wildman–Crippen MR) is 86.1 cm³/mol. The molecule has 0 aliphatic heterocycles. The zero-order valence-electron chi connectivity index (χ0n) is 13.0. The van der Waals surface area contributed by atoms with Gasteiger partial charge >= 0.3 is 0 Å². The van der Waals surface area contributed by atoms with Crippen molar-refractivity contribution in [2.45, 2.75) is 40.0 Å². The van der Waals surface area contributed by atoms with Crippen molar-refractivity contribution in [2.24, 2.45) is 0 Å². The van der Waals surface area contributed by atoms with Crippen LogP contribution in [0.2, 0.25) is 5.28 Å². The Labute approximate surface area is 130 Å². The smallest absolute Gasteiger partial charge is 0.247 e. The molecule has 0 atom stereocenters. The lowest BCUT2D eigenvalue weighted by Crippen LogP contribution is -2.13. The second-order valence-corrected chi connectivity index (χ2v) is 6.49. The molecular formula is C16H20ClN3O. The van der Waals surface area contributed by atoms with E-state index in [-0.39, 0.29) is 10.7 Å². The fraction of sp³-hybridized carbons (Fsp3) is 0.375.